The molecule has 1 N–H and O–H groups in total. The maximum absolute atomic E-state index is 12.9. The number of H-pyrrole nitrogens is 1. The highest BCUT2D eigenvalue weighted by Crippen LogP contribution is 2.43. The molecule has 0 aromatic carbocycles. The fourth-order valence-corrected chi connectivity index (χ4v) is 4.43. The SMILES string of the molecule is CN(C)c1nc2c(c(=O)[nH]1)CCC21CCCN(C(=O)Cn2ccccc2=O)C1. The van der Waals surface area contributed by atoms with Crippen molar-refractivity contribution in [1.82, 2.24) is 19.4 Å². The van der Waals surface area contributed by atoms with E-state index in [9.17, 15) is 14.4 Å². The quantitative estimate of drug-likeness (QED) is 0.834. The van der Waals surface area contributed by atoms with E-state index < -0.39 is 0 Å². The van der Waals surface area contributed by atoms with Crippen molar-refractivity contribution in [3.8, 4) is 0 Å². The van der Waals surface area contributed by atoms with Gasteiger partial charge in [-0.2, -0.15) is 0 Å². The number of rotatable bonds is 3. The third kappa shape index (κ3) is 3.12. The first-order valence-electron chi connectivity index (χ1n) is 9.64. The highest BCUT2D eigenvalue weighted by atomic mass is 16.2. The molecule has 1 atom stereocenters. The standard InChI is InChI=1S/C20H25N5O3/c1-23(2)19-21-17-14(18(28)22-19)7-9-20(17)8-5-11-25(13-20)16(27)12-24-10-4-3-6-15(24)26/h3-4,6,10H,5,7-9,11-13H2,1-2H3,(H,21,22,28). The fraction of sp³-hybridized carbons (Fsp3) is 0.500. The molecular formula is C20H25N5O3. The van der Waals surface area contributed by atoms with Crippen LogP contribution in [-0.2, 0) is 23.2 Å². The molecule has 1 saturated heterocycles. The normalized spacial score (nSPS) is 21.0. The van der Waals surface area contributed by atoms with Gasteiger partial charge in [-0.3, -0.25) is 19.4 Å². The Hall–Kier alpha value is -2.90. The molecule has 2 aromatic heterocycles. The molecule has 0 bridgehead atoms. The summed E-state index contributed by atoms with van der Waals surface area (Å²) in [6.07, 6.45) is 4.92. The second-order valence-electron chi connectivity index (χ2n) is 7.98. The van der Waals surface area contributed by atoms with Crippen LogP contribution in [0.4, 0.5) is 5.95 Å². The van der Waals surface area contributed by atoms with Crippen molar-refractivity contribution in [1.29, 1.82) is 0 Å². The molecule has 1 spiro atoms. The molecule has 1 fully saturated rings. The zero-order valence-corrected chi connectivity index (χ0v) is 16.3. The molecule has 8 heteroatoms. The molecule has 1 aliphatic carbocycles. The summed E-state index contributed by atoms with van der Waals surface area (Å²) in [6, 6.07) is 4.87. The Labute approximate surface area is 162 Å². The Balaban J connectivity index is 1.62. The van der Waals surface area contributed by atoms with Crippen LogP contribution in [0, 0.1) is 0 Å². The summed E-state index contributed by atoms with van der Waals surface area (Å²) >= 11 is 0. The van der Waals surface area contributed by atoms with Gasteiger partial charge in [0.1, 0.15) is 6.54 Å². The smallest absolute Gasteiger partial charge is 0.255 e. The lowest BCUT2D eigenvalue weighted by atomic mass is 9.77. The predicted octanol–water partition coefficient (Wildman–Crippen LogP) is 0.504. The van der Waals surface area contributed by atoms with Crippen molar-refractivity contribution >= 4 is 11.9 Å². The molecule has 1 amide bonds. The molecule has 8 nitrogen and oxygen atoms in total. The van der Waals surface area contributed by atoms with Gasteiger partial charge >= 0.3 is 0 Å². The number of nitrogens with one attached hydrogen (secondary N) is 1. The molecule has 1 unspecified atom stereocenters. The molecule has 1 aliphatic heterocycles. The number of nitrogens with zero attached hydrogens (tertiary/aromatic N) is 4. The molecule has 148 valence electrons. The van der Waals surface area contributed by atoms with Crippen LogP contribution in [-0.4, -0.2) is 52.5 Å². The van der Waals surface area contributed by atoms with E-state index in [-0.39, 0.29) is 29.0 Å². The summed E-state index contributed by atoms with van der Waals surface area (Å²) in [5.74, 6) is 0.475. The average Bonchev–Trinajstić information content (AvgIpc) is 3.02. The van der Waals surface area contributed by atoms with Crippen molar-refractivity contribution in [2.24, 2.45) is 0 Å². The lowest BCUT2D eigenvalue weighted by Crippen LogP contribution is -2.49. The molecule has 28 heavy (non-hydrogen) atoms. The number of carbonyl (C=O) groups is 1. The van der Waals surface area contributed by atoms with E-state index in [1.165, 1.54) is 10.6 Å². The molecule has 4 rings (SSSR count). The van der Waals surface area contributed by atoms with Gasteiger partial charge in [0.15, 0.2) is 0 Å². The van der Waals surface area contributed by atoms with Crippen LogP contribution in [0.1, 0.15) is 30.5 Å². The lowest BCUT2D eigenvalue weighted by molar-refractivity contribution is -0.134. The van der Waals surface area contributed by atoms with E-state index in [1.807, 2.05) is 19.0 Å². The molecule has 0 radical (unpaired) electrons. The van der Waals surface area contributed by atoms with Crippen LogP contribution in [0.5, 0.6) is 0 Å². The number of likely N-dealkylation sites (tertiary alicyclic amines) is 1. The molecule has 2 aliphatic rings. The minimum Gasteiger partial charge on any atom is -0.348 e. The number of anilines is 1. The third-order valence-electron chi connectivity index (χ3n) is 5.92. The molecule has 0 saturated carbocycles. The maximum Gasteiger partial charge on any atom is 0.255 e. The number of fused-ring (bicyclic) bond motifs is 2. The molecule has 2 aromatic rings. The van der Waals surface area contributed by atoms with E-state index in [2.05, 4.69) is 4.98 Å². The second-order valence-corrected chi connectivity index (χ2v) is 7.98. The van der Waals surface area contributed by atoms with E-state index in [4.69, 9.17) is 4.98 Å². The first-order valence-corrected chi connectivity index (χ1v) is 9.64. The minimum atomic E-state index is -0.274. The van der Waals surface area contributed by atoms with Crippen molar-refractivity contribution in [3.05, 3.63) is 56.4 Å². The maximum atomic E-state index is 12.9. The van der Waals surface area contributed by atoms with Gasteiger partial charge in [-0.25, -0.2) is 4.98 Å². The van der Waals surface area contributed by atoms with Gasteiger partial charge < -0.3 is 14.4 Å². The zero-order chi connectivity index (χ0) is 19.9. The fourth-order valence-electron chi connectivity index (χ4n) is 4.43. The number of hydrogen-bond acceptors (Lipinski definition) is 5. The van der Waals surface area contributed by atoms with Crippen molar-refractivity contribution < 1.29 is 4.79 Å². The van der Waals surface area contributed by atoms with E-state index in [1.54, 1.807) is 23.2 Å². The predicted molar refractivity (Wildman–Crippen MR) is 106 cm³/mol. The van der Waals surface area contributed by atoms with Crippen molar-refractivity contribution in [2.45, 2.75) is 37.6 Å². The zero-order valence-electron chi connectivity index (χ0n) is 16.3. The van der Waals surface area contributed by atoms with Gasteiger partial charge in [0.05, 0.1) is 5.69 Å². The van der Waals surface area contributed by atoms with Crippen LogP contribution in [0.3, 0.4) is 0 Å². The van der Waals surface area contributed by atoms with Gasteiger partial charge in [0.2, 0.25) is 11.9 Å². The van der Waals surface area contributed by atoms with Gasteiger partial charge in [-0.05, 0) is 31.7 Å². The van der Waals surface area contributed by atoms with Crippen molar-refractivity contribution in [2.75, 3.05) is 32.1 Å². The number of piperidine rings is 1. The van der Waals surface area contributed by atoms with Gasteiger partial charge in [0, 0.05) is 50.4 Å². The number of carbonyl (C=O) groups excluding carboxylic acids is 1. The second kappa shape index (κ2) is 6.92. The summed E-state index contributed by atoms with van der Waals surface area (Å²) < 4.78 is 1.43. The Kier molecular flexibility index (Phi) is 4.56. The summed E-state index contributed by atoms with van der Waals surface area (Å²) in [4.78, 5) is 48.6. The Bertz CT molecular complexity index is 1020. The molecular weight excluding hydrogens is 358 g/mol. The Morgan fingerprint density at radius 1 is 1.29 bits per heavy atom. The highest BCUT2D eigenvalue weighted by molar-refractivity contribution is 5.76. The van der Waals surface area contributed by atoms with E-state index in [0.717, 1.165) is 30.5 Å². The highest BCUT2D eigenvalue weighted by Gasteiger charge is 2.45. The summed E-state index contributed by atoms with van der Waals surface area (Å²) in [5, 5.41) is 0. The van der Waals surface area contributed by atoms with E-state index >= 15 is 0 Å². The van der Waals surface area contributed by atoms with Crippen molar-refractivity contribution in [3.63, 3.8) is 0 Å². The number of hydrogen-bond donors (Lipinski definition) is 1. The number of aromatic amines is 1. The van der Waals surface area contributed by atoms with Gasteiger partial charge in [-0.15, -0.1) is 0 Å². The number of aromatic nitrogens is 3. The van der Waals surface area contributed by atoms with Crippen LogP contribution in [0.2, 0.25) is 0 Å². The lowest BCUT2D eigenvalue weighted by Gasteiger charge is -2.40. The summed E-state index contributed by atoms with van der Waals surface area (Å²) in [5.41, 5.74) is 1.06. The largest absolute Gasteiger partial charge is 0.348 e. The van der Waals surface area contributed by atoms with Gasteiger partial charge in [0.25, 0.3) is 11.1 Å². The monoisotopic (exact) mass is 383 g/mol. The Morgan fingerprint density at radius 3 is 2.86 bits per heavy atom. The first-order chi connectivity index (χ1) is 13.4. The number of pyridine rings is 1. The summed E-state index contributed by atoms with van der Waals surface area (Å²) in [6.45, 7) is 1.25. The van der Waals surface area contributed by atoms with Gasteiger partial charge in [-0.1, -0.05) is 6.07 Å². The van der Waals surface area contributed by atoms with Crippen LogP contribution >= 0.6 is 0 Å². The Morgan fingerprint density at radius 2 is 2.11 bits per heavy atom. The molecule has 3 heterocycles. The average molecular weight is 383 g/mol. The summed E-state index contributed by atoms with van der Waals surface area (Å²) in [7, 11) is 3.70. The third-order valence-corrected chi connectivity index (χ3v) is 5.92. The topological polar surface area (TPSA) is 91.3 Å². The van der Waals surface area contributed by atoms with Crippen LogP contribution < -0.4 is 16.0 Å². The minimum absolute atomic E-state index is 0.0361. The first kappa shape index (κ1) is 18.5. The van der Waals surface area contributed by atoms with E-state index in [0.29, 0.717) is 25.5 Å². The number of amides is 1. The van der Waals surface area contributed by atoms with Crippen LogP contribution in [0.25, 0.3) is 0 Å². The van der Waals surface area contributed by atoms with Crippen LogP contribution in [0.15, 0.2) is 34.0 Å².